The summed E-state index contributed by atoms with van der Waals surface area (Å²) in [7, 11) is 0. The fraction of sp³-hybridized carbons (Fsp3) is 0.0476. The second-order valence-corrected chi connectivity index (χ2v) is 6.10. The van der Waals surface area contributed by atoms with Crippen molar-refractivity contribution in [3.8, 4) is 5.75 Å². The van der Waals surface area contributed by atoms with Crippen molar-refractivity contribution in [2.24, 2.45) is 10.9 Å². The first-order valence-corrected chi connectivity index (χ1v) is 8.57. The number of rotatable bonds is 6. The molecule has 27 heavy (non-hydrogen) atoms. The number of carbonyl (C=O) groups is 1. The minimum Gasteiger partial charge on any atom is -0.489 e. The summed E-state index contributed by atoms with van der Waals surface area (Å²) in [5.41, 5.74) is 7.67. The van der Waals surface area contributed by atoms with Crippen molar-refractivity contribution >= 4 is 23.4 Å². The lowest BCUT2D eigenvalue weighted by molar-refractivity contribution is 0.0516. The zero-order valence-corrected chi connectivity index (χ0v) is 15.1. The number of nitrogens with zero attached hydrogens (tertiary/aromatic N) is 1. The van der Waals surface area contributed by atoms with Crippen molar-refractivity contribution in [2.75, 3.05) is 0 Å². The lowest BCUT2D eigenvalue weighted by Gasteiger charge is -2.07. The molecule has 0 saturated heterocycles. The second-order valence-electron chi connectivity index (χ2n) is 5.66. The molecule has 3 aromatic carbocycles. The molecule has 0 spiro atoms. The van der Waals surface area contributed by atoms with Gasteiger partial charge in [0.1, 0.15) is 12.4 Å². The maximum absolute atomic E-state index is 12.2. The van der Waals surface area contributed by atoms with Crippen molar-refractivity contribution in [1.82, 2.24) is 0 Å². The minimum absolute atomic E-state index is 0.131. The van der Waals surface area contributed by atoms with Crippen LogP contribution in [0.15, 0.2) is 84.0 Å². The van der Waals surface area contributed by atoms with Crippen LogP contribution in [0.5, 0.6) is 5.75 Å². The van der Waals surface area contributed by atoms with Crippen molar-refractivity contribution in [2.45, 2.75) is 6.61 Å². The zero-order valence-electron chi connectivity index (χ0n) is 14.3. The summed E-state index contributed by atoms with van der Waals surface area (Å²) in [6.45, 7) is 0.304. The van der Waals surface area contributed by atoms with Crippen molar-refractivity contribution in [3.05, 3.63) is 101 Å². The molecule has 0 aliphatic heterocycles. The van der Waals surface area contributed by atoms with Gasteiger partial charge in [-0.3, -0.25) is 0 Å². The number of amidine groups is 1. The van der Waals surface area contributed by atoms with Gasteiger partial charge in [-0.05, 0) is 42.0 Å². The van der Waals surface area contributed by atoms with E-state index >= 15 is 0 Å². The molecule has 0 radical (unpaired) electrons. The van der Waals surface area contributed by atoms with Crippen LogP contribution in [0.4, 0.5) is 0 Å². The van der Waals surface area contributed by atoms with Crippen molar-refractivity contribution in [1.29, 1.82) is 0 Å². The number of oxime groups is 1. The third-order valence-electron chi connectivity index (χ3n) is 3.68. The first kappa shape index (κ1) is 18.5. The van der Waals surface area contributed by atoms with Crippen LogP contribution in [0.1, 0.15) is 21.5 Å². The number of benzene rings is 3. The van der Waals surface area contributed by atoms with E-state index in [4.69, 9.17) is 26.9 Å². The Morgan fingerprint density at radius 3 is 2.37 bits per heavy atom. The second kappa shape index (κ2) is 8.87. The SMILES string of the molecule is N/C(=N\OC(=O)c1cccc(COc2ccc(Cl)cc2)c1)c1ccccc1. The van der Waals surface area contributed by atoms with Crippen molar-refractivity contribution < 1.29 is 14.4 Å². The summed E-state index contributed by atoms with van der Waals surface area (Å²) in [5, 5.41) is 4.34. The van der Waals surface area contributed by atoms with Crippen LogP contribution < -0.4 is 10.5 Å². The quantitative estimate of drug-likeness (QED) is 0.298. The van der Waals surface area contributed by atoms with E-state index in [0.29, 0.717) is 28.5 Å². The van der Waals surface area contributed by atoms with Gasteiger partial charge in [0.25, 0.3) is 0 Å². The van der Waals surface area contributed by atoms with E-state index in [2.05, 4.69) is 5.16 Å². The first-order chi connectivity index (χ1) is 13.1. The fourth-order valence-electron chi connectivity index (χ4n) is 2.29. The summed E-state index contributed by atoms with van der Waals surface area (Å²) in [4.78, 5) is 17.1. The molecule has 2 N–H and O–H groups in total. The topological polar surface area (TPSA) is 73.9 Å². The van der Waals surface area contributed by atoms with E-state index < -0.39 is 5.97 Å². The normalized spacial score (nSPS) is 11.1. The highest BCUT2D eigenvalue weighted by molar-refractivity contribution is 6.30. The minimum atomic E-state index is -0.595. The van der Waals surface area contributed by atoms with Gasteiger partial charge in [-0.15, -0.1) is 0 Å². The maximum Gasteiger partial charge on any atom is 0.365 e. The maximum atomic E-state index is 12.2. The van der Waals surface area contributed by atoms with Crippen LogP contribution in [0.25, 0.3) is 0 Å². The summed E-state index contributed by atoms with van der Waals surface area (Å²) in [6, 6.07) is 23.1. The van der Waals surface area contributed by atoms with E-state index in [0.717, 1.165) is 5.56 Å². The molecule has 3 aromatic rings. The summed E-state index contributed by atoms with van der Waals surface area (Å²) in [5.74, 6) is 0.223. The molecular weight excluding hydrogens is 364 g/mol. The third-order valence-corrected chi connectivity index (χ3v) is 3.93. The van der Waals surface area contributed by atoms with Gasteiger partial charge in [-0.1, -0.05) is 59.2 Å². The smallest absolute Gasteiger partial charge is 0.365 e. The summed E-state index contributed by atoms with van der Waals surface area (Å²) in [6.07, 6.45) is 0. The lowest BCUT2D eigenvalue weighted by Crippen LogP contribution is -2.15. The van der Waals surface area contributed by atoms with E-state index in [1.54, 1.807) is 54.6 Å². The van der Waals surface area contributed by atoms with Crippen LogP contribution in [-0.4, -0.2) is 11.8 Å². The van der Waals surface area contributed by atoms with Gasteiger partial charge in [-0.25, -0.2) is 4.79 Å². The Labute approximate surface area is 162 Å². The molecule has 136 valence electrons. The molecule has 6 heteroatoms. The van der Waals surface area contributed by atoms with Gasteiger partial charge in [0.15, 0.2) is 5.84 Å². The number of nitrogens with two attached hydrogens (primary N) is 1. The first-order valence-electron chi connectivity index (χ1n) is 8.19. The zero-order chi connectivity index (χ0) is 19.1. The van der Waals surface area contributed by atoms with Crippen molar-refractivity contribution in [3.63, 3.8) is 0 Å². The number of hydrogen-bond donors (Lipinski definition) is 1. The Bertz CT molecular complexity index is 941. The predicted octanol–water partition coefficient (Wildman–Crippen LogP) is 4.40. The van der Waals surface area contributed by atoms with E-state index in [-0.39, 0.29) is 5.84 Å². The third kappa shape index (κ3) is 5.33. The number of carbonyl (C=O) groups excluding carboxylic acids is 1. The average molecular weight is 381 g/mol. The molecule has 3 rings (SSSR count). The molecule has 0 atom stereocenters. The molecule has 0 saturated carbocycles. The molecular formula is C21H17ClN2O3. The predicted molar refractivity (Wildman–Crippen MR) is 105 cm³/mol. The van der Waals surface area contributed by atoms with Gasteiger partial charge < -0.3 is 15.3 Å². The summed E-state index contributed by atoms with van der Waals surface area (Å²) >= 11 is 5.85. The number of ether oxygens (including phenoxy) is 1. The highest BCUT2D eigenvalue weighted by Crippen LogP contribution is 2.17. The van der Waals surface area contributed by atoms with Crippen LogP contribution in [0.3, 0.4) is 0 Å². The Kier molecular flexibility index (Phi) is 6.07. The highest BCUT2D eigenvalue weighted by atomic mass is 35.5. The van der Waals surface area contributed by atoms with E-state index in [1.807, 2.05) is 24.3 Å². The van der Waals surface area contributed by atoms with E-state index in [9.17, 15) is 4.79 Å². The van der Waals surface area contributed by atoms with Crippen LogP contribution >= 0.6 is 11.6 Å². The van der Waals surface area contributed by atoms with Gasteiger partial charge in [0, 0.05) is 10.6 Å². The van der Waals surface area contributed by atoms with Crippen LogP contribution in [0, 0.1) is 0 Å². The monoisotopic (exact) mass is 380 g/mol. The molecule has 0 aromatic heterocycles. The van der Waals surface area contributed by atoms with Gasteiger partial charge in [0.05, 0.1) is 5.56 Å². The summed E-state index contributed by atoms with van der Waals surface area (Å²) < 4.78 is 5.68. The van der Waals surface area contributed by atoms with Crippen LogP contribution in [-0.2, 0) is 11.4 Å². The lowest BCUT2D eigenvalue weighted by atomic mass is 10.1. The molecule has 0 aliphatic carbocycles. The van der Waals surface area contributed by atoms with E-state index in [1.165, 1.54) is 0 Å². The van der Waals surface area contributed by atoms with Gasteiger partial charge in [-0.2, -0.15) is 0 Å². The fourth-order valence-corrected chi connectivity index (χ4v) is 2.42. The number of halogens is 1. The largest absolute Gasteiger partial charge is 0.489 e. The number of hydrogen-bond acceptors (Lipinski definition) is 4. The Hall–Kier alpha value is -3.31. The van der Waals surface area contributed by atoms with Gasteiger partial charge >= 0.3 is 5.97 Å². The Balaban J connectivity index is 1.62. The molecule has 0 fully saturated rings. The molecule has 0 amide bonds. The molecule has 0 bridgehead atoms. The highest BCUT2D eigenvalue weighted by Gasteiger charge is 2.09. The molecule has 5 nitrogen and oxygen atoms in total. The average Bonchev–Trinajstić information content (AvgIpc) is 2.72. The van der Waals surface area contributed by atoms with Gasteiger partial charge in [0.2, 0.25) is 0 Å². The Morgan fingerprint density at radius 2 is 1.63 bits per heavy atom. The standard InChI is InChI=1S/C21H17ClN2O3/c22-18-9-11-19(12-10-18)26-14-15-5-4-8-17(13-15)21(25)27-24-20(23)16-6-2-1-3-7-16/h1-13H,14H2,(H2,23,24). The van der Waals surface area contributed by atoms with Crippen LogP contribution in [0.2, 0.25) is 5.02 Å². The Morgan fingerprint density at radius 1 is 0.926 bits per heavy atom. The molecule has 0 heterocycles. The molecule has 0 aliphatic rings. The molecule has 0 unspecified atom stereocenters.